The van der Waals surface area contributed by atoms with Gasteiger partial charge < -0.3 is 18.6 Å². The summed E-state index contributed by atoms with van der Waals surface area (Å²) < 4.78 is 26.3. The monoisotopic (exact) mass is 504 g/mol. The van der Waals surface area contributed by atoms with Crippen LogP contribution in [0.5, 0.6) is 0 Å². The molecule has 36 heavy (non-hydrogen) atoms. The molecule has 3 aliphatic rings. The van der Waals surface area contributed by atoms with Gasteiger partial charge in [-0.3, -0.25) is 0 Å². The van der Waals surface area contributed by atoms with Crippen LogP contribution in [0.4, 0.5) is 17.1 Å². The lowest BCUT2D eigenvalue weighted by atomic mass is 9.81. The average Bonchev–Trinajstić information content (AvgIpc) is 3.48. The molecule has 0 spiro atoms. The Hall–Kier alpha value is -2.86. The van der Waals surface area contributed by atoms with E-state index in [0.29, 0.717) is 30.9 Å². The number of aliphatic imine (C=N–C) groups is 1. The third-order valence-corrected chi connectivity index (χ3v) is 11.0. The smallest absolute Gasteiger partial charge is 0.263 e. The third kappa shape index (κ3) is 3.64. The van der Waals surface area contributed by atoms with Crippen LogP contribution in [0.25, 0.3) is 0 Å². The summed E-state index contributed by atoms with van der Waals surface area (Å²) in [5, 5.41) is 1.06. The number of fused-ring (bicyclic) bond motifs is 2. The molecule has 1 saturated heterocycles. The first-order chi connectivity index (χ1) is 17.3. The van der Waals surface area contributed by atoms with E-state index >= 15 is 0 Å². The molecule has 0 amide bonds. The Morgan fingerprint density at radius 1 is 1.08 bits per heavy atom. The summed E-state index contributed by atoms with van der Waals surface area (Å²) in [7, 11) is -0.580. The third-order valence-electron chi connectivity index (χ3n) is 7.93. The van der Waals surface area contributed by atoms with Crippen molar-refractivity contribution in [2.45, 2.75) is 39.2 Å². The number of furan rings is 1. The summed E-state index contributed by atoms with van der Waals surface area (Å²) in [4.78, 5) is 7.36. The van der Waals surface area contributed by atoms with Gasteiger partial charge in [0, 0.05) is 37.3 Å². The number of nitrogens with zero attached hydrogens (tertiary/aromatic N) is 4. The fourth-order valence-electron chi connectivity index (χ4n) is 5.35. The Balaban J connectivity index is 1.66. The highest BCUT2D eigenvalue weighted by atomic mass is 31.2. The lowest BCUT2D eigenvalue weighted by Gasteiger charge is -2.40. The van der Waals surface area contributed by atoms with Gasteiger partial charge in [0.1, 0.15) is 0 Å². The lowest BCUT2D eigenvalue weighted by Crippen LogP contribution is -2.39. The maximum Gasteiger partial charge on any atom is 0.263 e. The van der Waals surface area contributed by atoms with Gasteiger partial charge in [-0.1, -0.05) is 31.5 Å². The van der Waals surface area contributed by atoms with E-state index in [9.17, 15) is 0 Å². The standard InChI is InChI=1S/C28H33N4O3P/c1-19-8-10-21(11-9-19)30-36(32-12-15-33-16-13-32)26-17-22-24(31(5)20(2)28(22,3)4)18-23(26)29-27(35-36)25-7-6-14-34-25/h6-11,14,17-18,20H,12-13,15-16H2,1-5H3. The van der Waals surface area contributed by atoms with Crippen molar-refractivity contribution < 1.29 is 13.7 Å². The SMILES string of the molecule is Cc1ccc(N=P2(N3CCOCC3)OC(c3ccco3)=Nc3cc4c(cc32)C(C)(C)C(C)N4C)cc1. The molecule has 2 aromatic carbocycles. The maximum absolute atomic E-state index is 6.96. The molecule has 0 N–H and O–H groups in total. The molecule has 0 bridgehead atoms. The molecule has 1 fully saturated rings. The van der Waals surface area contributed by atoms with Crippen molar-refractivity contribution in [3.63, 3.8) is 0 Å². The quantitative estimate of drug-likeness (QED) is 0.402. The van der Waals surface area contributed by atoms with E-state index in [4.69, 9.17) is 23.4 Å². The van der Waals surface area contributed by atoms with Gasteiger partial charge in [0.05, 0.1) is 36.2 Å². The van der Waals surface area contributed by atoms with Crippen LogP contribution in [-0.2, 0) is 14.7 Å². The molecule has 2 atom stereocenters. The second kappa shape index (κ2) is 8.62. The van der Waals surface area contributed by atoms with Crippen molar-refractivity contribution in [3.05, 3.63) is 71.7 Å². The minimum absolute atomic E-state index is 0.0192. The molecule has 3 aromatic rings. The van der Waals surface area contributed by atoms with Gasteiger partial charge in [0.25, 0.3) is 5.90 Å². The Bertz CT molecular complexity index is 1370. The van der Waals surface area contributed by atoms with E-state index in [2.05, 4.69) is 80.7 Å². The molecule has 0 saturated carbocycles. The summed E-state index contributed by atoms with van der Waals surface area (Å²) in [6, 6.07) is 17.0. The molecular formula is C28H33N4O3P. The first-order valence-electron chi connectivity index (χ1n) is 12.6. The van der Waals surface area contributed by atoms with Crippen molar-refractivity contribution >= 4 is 35.7 Å². The number of likely N-dealkylation sites (N-methyl/N-ethyl adjacent to an activating group) is 1. The van der Waals surface area contributed by atoms with Crippen LogP contribution < -0.4 is 10.2 Å². The number of aryl methyl sites for hydroxylation is 1. The van der Waals surface area contributed by atoms with Crippen molar-refractivity contribution in [2.24, 2.45) is 9.74 Å². The molecule has 3 aliphatic heterocycles. The predicted molar refractivity (Wildman–Crippen MR) is 146 cm³/mol. The molecule has 7 nitrogen and oxygen atoms in total. The average molecular weight is 505 g/mol. The van der Waals surface area contributed by atoms with Crippen molar-refractivity contribution in [3.8, 4) is 0 Å². The number of benzene rings is 2. The van der Waals surface area contributed by atoms with E-state index in [-0.39, 0.29) is 5.41 Å². The number of morpholine rings is 1. The molecule has 1 aromatic heterocycles. The van der Waals surface area contributed by atoms with Crippen LogP contribution in [0.2, 0.25) is 0 Å². The van der Waals surface area contributed by atoms with Crippen LogP contribution in [0, 0.1) is 6.92 Å². The van der Waals surface area contributed by atoms with Gasteiger partial charge >= 0.3 is 0 Å². The lowest BCUT2D eigenvalue weighted by molar-refractivity contribution is 0.0716. The van der Waals surface area contributed by atoms with Gasteiger partial charge in [-0.05, 0) is 55.8 Å². The van der Waals surface area contributed by atoms with Gasteiger partial charge in [-0.2, -0.15) is 0 Å². The predicted octanol–water partition coefficient (Wildman–Crippen LogP) is 6.13. The highest BCUT2D eigenvalue weighted by Crippen LogP contribution is 2.61. The zero-order valence-electron chi connectivity index (χ0n) is 21.6. The Labute approximate surface area is 212 Å². The van der Waals surface area contributed by atoms with Crippen molar-refractivity contribution in [1.29, 1.82) is 0 Å². The molecule has 2 unspecified atom stereocenters. The van der Waals surface area contributed by atoms with Crippen LogP contribution in [0.15, 0.2) is 68.9 Å². The maximum atomic E-state index is 6.96. The second-order valence-electron chi connectivity index (χ2n) is 10.4. The van der Waals surface area contributed by atoms with Gasteiger partial charge in [0.2, 0.25) is 7.43 Å². The van der Waals surface area contributed by atoms with E-state index in [1.807, 2.05) is 12.1 Å². The van der Waals surface area contributed by atoms with E-state index in [1.54, 1.807) is 6.26 Å². The van der Waals surface area contributed by atoms with Crippen molar-refractivity contribution in [2.75, 3.05) is 38.3 Å². The number of hydrogen-bond donors (Lipinski definition) is 0. The number of rotatable bonds is 3. The van der Waals surface area contributed by atoms with Crippen LogP contribution in [-0.4, -0.2) is 50.0 Å². The molecule has 188 valence electrons. The fourth-order valence-corrected chi connectivity index (χ4v) is 8.38. The molecule has 4 heterocycles. The highest BCUT2D eigenvalue weighted by Gasteiger charge is 2.46. The Kier molecular flexibility index (Phi) is 5.63. The zero-order chi connectivity index (χ0) is 25.1. The first kappa shape index (κ1) is 23.5. The molecule has 0 aliphatic carbocycles. The summed E-state index contributed by atoms with van der Waals surface area (Å²) in [6.07, 6.45) is 1.66. The molecule has 6 rings (SSSR count). The van der Waals surface area contributed by atoms with Gasteiger partial charge in [0.15, 0.2) is 5.76 Å². The minimum atomic E-state index is -2.75. The first-order valence-corrected chi connectivity index (χ1v) is 14.2. The molecular weight excluding hydrogens is 471 g/mol. The second-order valence-corrected chi connectivity index (χ2v) is 12.9. The Morgan fingerprint density at radius 2 is 1.83 bits per heavy atom. The van der Waals surface area contributed by atoms with Crippen LogP contribution in [0.1, 0.15) is 37.7 Å². The van der Waals surface area contributed by atoms with Crippen LogP contribution >= 0.6 is 7.43 Å². The minimum Gasteiger partial charge on any atom is -0.459 e. The van der Waals surface area contributed by atoms with Crippen LogP contribution in [0.3, 0.4) is 0 Å². The summed E-state index contributed by atoms with van der Waals surface area (Å²) in [5.41, 5.74) is 5.51. The Morgan fingerprint density at radius 3 is 2.53 bits per heavy atom. The highest BCUT2D eigenvalue weighted by molar-refractivity contribution is 7.68. The number of hydrogen-bond acceptors (Lipinski definition) is 6. The normalized spacial score (nSPS) is 25.1. The van der Waals surface area contributed by atoms with Crippen molar-refractivity contribution in [1.82, 2.24) is 4.67 Å². The number of anilines is 1. The fraction of sp³-hybridized carbons (Fsp3) is 0.393. The van der Waals surface area contributed by atoms with E-state index in [1.165, 1.54) is 16.8 Å². The van der Waals surface area contributed by atoms with E-state index < -0.39 is 7.43 Å². The largest absolute Gasteiger partial charge is 0.459 e. The summed E-state index contributed by atoms with van der Waals surface area (Å²) >= 11 is 0. The molecule has 8 heteroatoms. The summed E-state index contributed by atoms with van der Waals surface area (Å²) in [5.74, 6) is 1.09. The van der Waals surface area contributed by atoms with Gasteiger partial charge in [-0.15, -0.1) is 0 Å². The van der Waals surface area contributed by atoms with E-state index in [0.717, 1.165) is 29.8 Å². The topological polar surface area (TPSA) is 62.8 Å². The number of ether oxygens (including phenoxy) is 1. The summed E-state index contributed by atoms with van der Waals surface area (Å²) in [6.45, 7) is 11.8. The molecule has 0 radical (unpaired) electrons. The van der Waals surface area contributed by atoms with Gasteiger partial charge in [-0.25, -0.2) is 14.4 Å². The zero-order valence-corrected chi connectivity index (χ0v) is 22.5.